The smallest absolute Gasteiger partial charge is 0.211 e. The van der Waals surface area contributed by atoms with Crippen LogP contribution in [0.4, 0.5) is 5.82 Å². The monoisotopic (exact) mass is 314 g/mol. The first kappa shape index (κ1) is 16.1. The van der Waals surface area contributed by atoms with E-state index in [1.54, 1.807) is 19.5 Å². The van der Waals surface area contributed by atoms with Gasteiger partial charge in [0.15, 0.2) is 0 Å². The molecule has 0 aromatic carbocycles. The summed E-state index contributed by atoms with van der Waals surface area (Å²) in [7, 11) is -1.51. The molecule has 0 aliphatic carbocycles. The Bertz CT molecular complexity index is 564. The normalized spacial score (nSPS) is 20.4. The van der Waals surface area contributed by atoms with Gasteiger partial charge in [0.2, 0.25) is 10.0 Å². The fourth-order valence-electron chi connectivity index (χ4n) is 2.52. The lowest BCUT2D eigenvalue weighted by Gasteiger charge is -2.31. The molecule has 2 heterocycles. The van der Waals surface area contributed by atoms with E-state index in [4.69, 9.17) is 4.74 Å². The summed E-state index contributed by atoms with van der Waals surface area (Å²) < 4.78 is 30.0. The molecule has 1 fully saturated rings. The molecular formula is C13H22N4O3S. The zero-order valence-electron chi connectivity index (χ0n) is 12.4. The van der Waals surface area contributed by atoms with Crippen LogP contribution < -0.4 is 5.32 Å². The third-order valence-electron chi connectivity index (χ3n) is 3.57. The molecule has 118 valence electrons. The van der Waals surface area contributed by atoms with Crippen molar-refractivity contribution in [3.63, 3.8) is 0 Å². The molecule has 1 N–H and O–H groups in total. The first-order valence-corrected chi connectivity index (χ1v) is 8.86. The van der Waals surface area contributed by atoms with Gasteiger partial charge in [-0.15, -0.1) is 0 Å². The third kappa shape index (κ3) is 4.36. The van der Waals surface area contributed by atoms with Gasteiger partial charge in [0.25, 0.3) is 0 Å². The molecule has 0 spiro atoms. The molecule has 1 unspecified atom stereocenters. The second-order valence-corrected chi connectivity index (χ2v) is 7.15. The van der Waals surface area contributed by atoms with Crippen molar-refractivity contribution in [3.05, 3.63) is 18.1 Å². The van der Waals surface area contributed by atoms with Gasteiger partial charge < -0.3 is 10.1 Å². The quantitative estimate of drug-likeness (QED) is 0.777. The van der Waals surface area contributed by atoms with Crippen LogP contribution in [-0.4, -0.2) is 62.3 Å². The molecule has 21 heavy (non-hydrogen) atoms. The first-order chi connectivity index (χ1) is 10.0. The predicted molar refractivity (Wildman–Crippen MR) is 80.8 cm³/mol. The van der Waals surface area contributed by atoms with E-state index >= 15 is 0 Å². The Balaban J connectivity index is 2.13. The topological polar surface area (TPSA) is 84.4 Å². The summed E-state index contributed by atoms with van der Waals surface area (Å²) in [6.45, 7) is 2.28. The molecule has 1 aliphatic rings. The van der Waals surface area contributed by atoms with Crippen LogP contribution in [-0.2, 0) is 14.8 Å². The van der Waals surface area contributed by atoms with Gasteiger partial charge in [0.05, 0.1) is 18.6 Å². The van der Waals surface area contributed by atoms with Crippen molar-refractivity contribution < 1.29 is 13.2 Å². The number of hydrogen-bond donors (Lipinski definition) is 1. The minimum absolute atomic E-state index is 0.0761. The molecule has 7 nitrogen and oxygen atoms in total. The van der Waals surface area contributed by atoms with E-state index in [-0.39, 0.29) is 5.92 Å². The van der Waals surface area contributed by atoms with Crippen molar-refractivity contribution in [1.29, 1.82) is 0 Å². The molecule has 1 aliphatic heterocycles. The number of methoxy groups -OCH3 is 1. The summed E-state index contributed by atoms with van der Waals surface area (Å²) >= 11 is 0. The molecule has 2 rings (SSSR count). The van der Waals surface area contributed by atoms with Gasteiger partial charge in [0.1, 0.15) is 5.82 Å². The number of rotatable bonds is 6. The number of hydrogen-bond acceptors (Lipinski definition) is 6. The summed E-state index contributed by atoms with van der Waals surface area (Å²) in [5.74, 6) is 0.794. The van der Waals surface area contributed by atoms with Crippen molar-refractivity contribution in [2.75, 3.05) is 44.9 Å². The van der Waals surface area contributed by atoms with Gasteiger partial charge in [0, 0.05) is 45.1 Å². The molecule has 0 bridgehead atoms. The fourth-order valence-corrected chi connectivity index (χ4v) is 3.43. The van der Waals surface area contributed by atoms with Gasteiger partial charge in [-0.25, -0.2) is 17.7 Å². The van der Waals surface area contributed by atoms with Crippen LogP contribution in [0.2, 0.25) is 0 Å². The predicted octanol–water partition coefficient (Wildman–Crippen LogP) is 0.674. The van der Waals surface area contributed by atoms with Crippen LogP contribution >= 0.6 is 0 Å². The molecule has 0 radical (unpaired) electrons. The first-order valence-electron chi connectivity index (χ1n) is 7.01. The van der Waals surface area contributed by atoms with E-state index in [1.807, 2.05) is 0 Å². The lowest BCUT2D eigenvalue weighted by molar-refractivity contribution is 0.210. The number of nitrogens with one attached hydrogen (secondary N) is 1. The summed E-state index contributed by atoms with van der Waals surface area (Å²) in [4.78, 5) is 8.73. The highest BCUT2D eigenvalue weighted by molar-refractivity contribution is 7.88. The van der Waals surface area contributed by atoms with Crippen molar-refractivity contribution in [2.45, 2.75) is 18.8 Å². The maximum atomic E-state index is 11.7. The Morgan fingerprint density at radius 3 is 2.90 bits per heavy atom. The number of anilines is 1. The van der Waals surface area contributed by atoms with E-state index in [9.17, 15) is 8.42 Å². The molecular weight excluding hydrogens is 292 g/mol. The Hall–Kier alpha value is -1.25. The van der Waals surface area contributed by atoms with Crippen molar-refractivity contribution >= 4 is 15.8 Å². The number of nitrogens with zero attached hydrogens (tertiary/aromatic N) is 3. The average molecular weight is 314 g/mol. The van der Waals surface area contributed by atoms with Crippen molar-refractivity contribution in [1.82, 2.24) is 14.3 Å². The zero-order chi connectivity index (χ0) is 15.3. The van der Waals surface area contributed by atoms with Gasteiger partial charge in [-0.1, -0.05) is 0 Å². The van der Waals surface area contributed by atoms with Crippen molar-refractivity contribution in [2.24, 2.45) is 0 Å². The molecule has 8 heteroatoms. The highest BCUT2D eigenvalue weighted by Gasteiger charge is 2.29. The number of aromatic nitrogens is 2. The van der Waals surface area contributed by atoms with Crippen LogP contribution in [0, 0.1) is 0 Å². The molecule has 1 aromatic rings. The van der Waals surface area contributed by atoms with Gasteiger partial charge in [-0.05, 0) is 12.8 Å². The molecule has 1 atom stereocenters. The summed E-state index contributed by atoms with van der Waals surface area (Å²) in [6, 6.07) is 0. The van der Waals surface area contributed by atoms with Crippen LogP contribution in [0.1, 0.15) is 24.5 Å². The van der Waals surface area contributed by atoms with Crippen LogP contribution in [0.5, 0.6) is 0 Å². The second-order valence-electron chi connectivity index (χ2n) is 5.17. The number of ether oxygens (including phenoxy) is 1. The molecule has 1 aromatic heterocycles. The third-order valence-corrected chi connectivity index (χ3v) is 4.83. The lowest BCUT2D eigenvalue weighted by Crippen LogP contribution is -2.38. The maximum absolute atomic E-state index is 11.7. The molecule has 0 saturated carbocycles. The fraction of sp³-hybridized carbons (Fsp3) is 0.692. The Morgan fingerprint density at radius 2 is 2.19 bits per heavy atom. The lowest BCUT2D eigenvalue weighted by atomic mass is 9.95. The highest BCUT2D eigenvalue weighted by Crippen LogP contribution is 2.30. The number of piperidine rings is 1. The summed E-state index contributed by atoms with van der Waals surface area (Å²) in [6.07, 6.45) is 6.30. The van der Waals surface area contributed by atoms with E-state index in [0.29, 0.717) is 26.2 Å². The van der Waals surface area contributed by atoms with E-state index in [1.165, 1.54) is 10.6 Å². The minimum Gasteiger partial charge on any atom is -0.383 e. The number of sulfonamides is 1. The standard InChI is InChI=1S/C13H22N4O3S/c1-20-9-7-16-13-12(14-5-6-15-13)11-4-3-8-17(10-11)21(2,18)19/h5-6,11H,3-4,7-10H2,1-2H3,(H,15,16). The van der Waals surface area contributed by atoms with E-state index in [0.717, 1.165) is 24.4 Å². The maximum Gasteiger partial charge on any atom is 0.211 e. The Labute approximate surface area is 125 Å². The minimum atomic E-state index is -3.16. The zero-order valence-corrected chi connectivity index (χ0v) is 13.3. The summed E-state index contributed by atoms with van der Waals surface area (Å²) in [5.41, 5.74) is 0.835. The van der Waals surface area contributed by atoms with Gasteiger partial charge in [-0.3, -0.25) is 4.98 Å². The molecule has 0 amide bonds. The second kappa shape index (κ2) is 7.15. The molecule has 1 saturated heterocycles. The Kier molecular flexibility index (Phi) is 5.49. The van der Waals surface area contributed by atoms with Gasteiger partial charge in [-0.2, -0.15) is 0 Å². The van der Waals surface area contributed by atoms with Crippen LogP contribution in [0.25, 0.3) is 0 Å². The van der Waals surface area contributed by atoms with E-state index in [2.05, 4.69) is 15.3 Å². The average Bonchev–Trinajstić information content (AvgIpc) is 2.47. The van der Waals surface area contributed by atoms with Crippen LogP contribution in [0.15, 0.2) is 12.4 Å². The van der Waals surface area contributed by atoms with Crippen LogP contribution in [0.3, 0.4) is 0 Å². The Morgan fingerprint density at radius 1 is 1.43 bits per heavy atom. The SMILES string of the molecule is COCCNc1nccnc1C1CCCN(S(C)(=O)=O)C1. The summed E-state index contributed by atoms with van der Waals surface area (Å²) in [5, 5.41) is 3.20. The van der Waals surface area contributed by atoms with Gasteiger partial charge >= 0.3 is 0 Å². The largest absolute Gasteiger partial charge is 0.383 e. The van der Waals surface area contributed by atoms with Crippen molar-refractivity contribution in [3.8, 4) is 0 Å². The van der Waals surface area contributed by atoms with E-state index < -0.39 is 10.0 Å². The highest BCUT2D eigenvalue weighted by atomic mass is 32.2.